The number of nitriles is 1. The van der Waals surface area contributed by atoms with Gasteiger partial charge in [0.05, 0.1) is 4.92 Å². The van der Waals surface area contributed by atoms with Crippen molar-refractivity contribution >= 4 is 11.4 Å². The lowest BCUT2D eigenvalue weighted by Gasteiger charge is -2.14. The molecule has 0 radical (unpaired) electrons. The zero-order valence-electron chi connectivity index (χ0n) is 9.93. The summed E-state index contributed by atoms with van der Waals surface area (Å²) in [5, 5.41) is 22.7. The van der Waals surface area contributed by atoms with Gasteiger partial charge in [-0.15, -0.1) is 0 Å². The number of anilines is 1. The summed E-state index contributed by atoms with van der Waals surface area (Å²) in [5.74, 6) is 0. The second kappa shape index (κ2) is 5.85. The summed E-state index contributed by atoms with van der Waals surface area (Å²) < 4.78 is 0. The van der Waals surface area contributed by atoms with Gasteiger partial charge in [0.15, 0.2) is 0 Å². The van der Waals surface area contributed by atoms with Crippen LogP contribution < -0.4 is 5.32 Å². The second-order valence-corrected chi connectivity index (χ2v) is 3.93. The Morgan fingerprint density at radius 1 is 1.59 bits per heavy atom. The highest BCUT2D eigenvalue weighted by Crippen LogP contribution is 2.22. The molecule has 0 amide bonds. The van der Waals surface area contributed by atoms with Crippen molar-refractivity contribution in [1.82, 2.24) is 0 Å². The van der Waals surface area contributed by atoms with Gasteiger partial charge in [0.1, 0.15) is 11.6 Å². The third-order valence-corrected chi connectivity index (χ3v) is 2.45. The van der Waals surface area contributed by atoms with Crippen LogP contribution in [0.15, 0.2) is 18.2 Å². The standard InChI is InChI=1S/C12H15N3O2/c1-3-4-9(2)14-11-5-6-12(15(16)17)10(7-11)8-13/h5-7,9,14H,3-4H2,1-2H3. The lowest BCUT2D eigenvalue weighted by molar-refractivity contribution is -0.385. The van der Waals surface area contributed by atoms with E-state index < -0.39 is 4.92 Å². The lowest BCUT2D eigenvalue weighted by Crippen LogP contribution is -2.14. The molecular formula is C12H15N3O2. The average Bonchev–Trinajstić information content (AvgIpc) is 2.28. The molecule has 17 heavy (non-hydrogen) atoms. The van der Waals surface area contributed by atoms with Gasteiger partial charge < -0.3 is 5.32 Å². The van der Waals surface area contributed by atoms with E-state index in [1.54, 1.807) is 6.07 Å². The number of nitro benzene ring substituents is 1. The van der Waals surface area contributed by atoms with Crippen molar-refractivity contribution in [2.75, 3.05) is 5.32 Å². The molecule has 90 valence electrons. The first-order valence-electron chi connectivity index (χ1n) is 5.53. The molecule has 1 unspecified atom stereocenters. The maximum atomic E-state index is 10.7. The van der Waals surface area contributed by atoms with Crippen molar-refractivity contribution in [1.29, 1.82) is 5.26 Å². The van der Waals surface area contributed by atoms with Gasteiger partial charge in [0.2, 0.25) is 0 Å². The number of hydrogen-bond donors (Lipinski definition) is 1. The van der Waals surface area contributed by atoms with E-state index in [1.165, 1.54) is 12.1 Å². The number of nitrogens with zero attached hydrogens (tertiary/aromatic N) is 2. The van der Waals surface area contributed by atoms with Crippen molar-refractivity contribution in [3.63, 3.8) is 0 Å². The molecule has 0 bridgehead atoms. The topological polar surface area (TPSA) is 79.0 Å². The molecule has 0 saturated carbocycles. The summed E-state index contributed by atoms with van der Waals surface area (Å²) in [7, 11) is 0. The molecule has 1 rings (SSSR count). The van der Waals surface area contributed by atoms with Crippen LogP contribution in [0.5, 0.6) is 0 Å². The molecule has 0 fully saturated rings. The van der Waals surface area contributed by atoms with Crippen LogP contribution in [-0.4, -0.2) is 11.0 Å². The van der Waals surface area contributed by atoms with Crippen molar-refractivity contribution in [2.45, 2.75) is 32.7 Å². The number of benzene rings is 1. The SMILES string of the molecule is CCCC(C)Nc1ccc([N+](=O)[O-])c(C#N)c1. The molecule has 1 aromatic carbocycles. The fraction of sp³-hybridized carbons (Fsp3) is 0.417. The largest absolute Gasteiger partial charge is 0.383 e. The summed E-state index contributed by atoms with van der Waals surface area (Å²) in [6.07, 6.45) is 2.07. The monoisotopic (exact) mass is 233 g/mol. The number of nitro groups is 1. The Bertz CT molecular complexity index is 452. The van der Waals surface area contributed by atoms with Gasteiger partial charge in [0.25, 0.3) is 5.69 Å². The highest BCUT2D eigenvalue weighted by atomic mass is 16.6. The smallest absolute Gasteiger partial charge is 0.287 e. The van der Waals surface area contributed by atoms with Gasteiger partial charge in [-0.1, -0.05) is 13.3 Å². The highest BCUT2D eigenvalue weighted by molar-refractivity contribution is 5.58. The van der Waals surface area contributed by atoms with Crippen LogP contribution in [-0.2, 0) is 0 Å². The summed E-state index contributed by atoms with van der Waals surface area (Å²) in [6.45, 7) is 4.13. The quantitative estimate of drug-likeness (QED) is 0.626. The highest BCUT2D eigenvalue weighted by Gasteiger charge is 2.14. The molecule has 1 aromatic rings. The van der Waals surface area contributed by atoms with Crippen molar-refractivity contribution < 1.29 is 4.92 Å². The summed E-state index contributed by atoms with van der Waals surface area (Å²) in [6, 6.07) is 6.63. The van der Waals surface area contributed by atoms with Crippen LogP contribution in [0.1, 0.15) is 32.3 Å². The Kier molecular flexibility index (Phi) is 4.46. The van der Waals surface area contributed by atoms with E-state index in [0.29, 0.717) is 0 Å². The van der Waals surface area contributed by atoms with Gasteiger partial charge in [0, 0.05) is 17.8 Å². The van der Waals surface area contributed by atoms with Crippen LogP contribution in [0.25, 0.3) is 0 Å². The van der Waals surface area contributed by atoms with E-state index in [9.17, 15) is 10.1 Å². The first-order chi connectivity index (χ1) is 8.08. The minimum absolute atomic E-state index is 0.0868. The van der Waals surface area contributed by atoms with E-state index in [0.717, 1.165) is 18.5 Å². The van der Waals surface area contributed by atoms with Crippen LogP contribution in [0, 0.1) is 21.4 Å². The molecule has 0 aliphatic heterocycles. The number of hydrogen-bond acceptors (Lipinski definition) is 4. The van der Waals surface area contributed by atoms with E-state index in [-0.39, 0.29) is 17.3 Å². The molecule has 1 N–H and O–H groups in total. The minimum Gasteiger partial charge on any atom is -0.383 e. The van der Waals surface area contributed by atoms with Gasteiger partial charge in [-0.3, -0.25) is 10.1 Å². The molecule has 0 heterocycles. The Labute approximate surface area is 100 Å². The fourth-order valence-electron chi connectivity index (χ4n) is 1.66. The Hall–Kier alpha value is -2.09. The molecule has 5 heteroatoms. The summed E-state index contributed by atoms with van der Waals surface area (Å²) >= 11 is 0. The predicted octanol–water partition coefficient (Wildman–Crippen LogP) is 3.07. The zero-order chi connectivity index (χ0) is 12.8. The van der Waals surface area contributed by atoms with Gasteiger partial charge in [-0.2, -0.15) is 5.26 Å². The molecule has 0 saturated heterocycles. The van der Waals surface area contributed by atoms with Gasteiger partial charge >= 0.3 is 0 Å². The Balaban J connectivity index is 2.91. The van der Waals surface area contributed by atoms with Crippen molar-refractivity contribution in [3.05, 3.63) is 33.9 Å². The van der Waals surface area contributed by atoms with E-state index in [4.69, 9.17) is 5.26 Å². The van der Waals surface area contributed by atoms with E-state index >= 15 is 0 Å². The third kappa shape index (κ3) is 3.45. The zero-order valence-corrected chi connectivity index (χ0v) is 9.93. The van der Waals surface area contributed by atoms with E-state index in [2.05, 4.69) is 12.2 Å². The van der Waals surface area contributed by atoms with Crippen LogP contribution in [0.2, 0.25) is 0 Å². The predicted molar refractivity (Wildman–Crippen MR) is 65.8 cm³/mol. The minimum atomic E-state index is -0.544. The third-order valence-electron chi connectivity index (χ3n) is 2.45. The maximum absolute atomic E-state index is 10.7. The Morgan fingerprint density at radius 3 is 2.82 bits per heavy atom. The first kappa shape index (κ1) is 13.0. The number of rotatable bonds is 5. The van der Waals surface area contributed by atoms with Crippen molar-refractivity contribution in [3.8, 4) is 6.07 Å². The lowest BCUT2D eigenvalue weighted by atomic mass is 10.1. The first-order valence-corrected chi connectivity index (χ1v) is 5.53. The summed E-state index contributed by atoms with van der Waals surface area (Å²) in [5.41, 5.74) is 0.679. The second-order valence-electron chi connectivity index (χ2n) is 3.93. The molecule has 0 aromatic heterocycles. The van der Waals surface area contributed by atoms with E-state index in [1.807, 2.05) is 13.0 Å². The maximum Gasteiger partial charge on any atom is 0.287 e. The molecule has 5 nitrogen and oxygen atoms in total. The summed E-state index contributed by atoms with van der Waals surface area (Å²) in [4.78, 5) is 10.1. The molecule has 1 atom stereocenters. The average molecular weight is 233 g/mol. The normalized spacial score (nSPS) is 11.6. The van der Waals surface area contributed by atoms with Gasteiger partial charge in [-0.25, -0.2) is 0 Å². The van der Waals surface area contributed by atoms with Crippen LogP contribution in [0.3, 0.4) is 0 Å². The molecule has 0 aliphatic rings. The molecule has 0 aliphatic carbocycles. The van der Waals surface area contributed by atoms with Crippen molar-refractivity contribution in [2.24, 2.45) is 0 Å². The Morgan fingerprint density at radius 2 is 2.29 bits per heavy atom. The number of nitrogens with one attached hydrogen (secondary N) is 1. The fourth-order valence-corrected chi connectivity index (χ4v) is 1.66. The van der Waals surface area contributed by atoms with Crippen LogP contribution in [0.4, 0.5) is 11.4 Å². The van der Waals surface area contributed by atoms with Crippen LogP contribution >= 0.6 is 0 Å². The molecule has 0 spiro atoms. The van der Waals surface area contributed by atoms with Gasteiger partial charge in [-0.05, 0) is 25.5 Å². The molecular weight excluding hydrogens is 218 g/mol.